The van der Waals surface area contributed by atoms with E-state index >= 15 is 0 Å². The van der Waals surface area contributed by atoms with Crippen molar-refractivity contribution in [3.05, 3.63) is 94.3 Å². The molecule has 3 aromatic rings. The van der Waals surface area contributed by atoms with Crippen molar-refractivity contribution in [3.8, 4) is 5.75 Å². The van der Waals surface area contributed by atoms with Crippen molar-refractivity contribution < 1.29 is 18.7 Å². The van der Waals surface area contributed by atoms with Gasteiger partial charge in [0.2, 0.25) is 5.91 Å². The van der Waals surface area contributed by atoms with Gasteiger partial charge in [-0.25, -0.2) is 4.39 Å². The Morgan fingerprint density at radius 1 is 1.00 bits per heavy atom. The maximum absolute atomic E-state index is 13.3. The van der Waals surface area contributed by atoms with Crippen LogP contribution in [0.15, 0.2) is 66.7 Å². The van der Waals surface area contributed by atoms with Gasteiger partial charge in [-0.1, -0.05) is 35.9 Å². The summed E-state index contributed by atoms with van der Waals surface area (Å²) in [5.41, 5.74) is 2.75. The first-order valence-electron chi connectivity index (χ1n) is 9.72. The Labute approximate surface area is 185 Å². The first kappa shape index (κ1) is 22.3. The van der Waals surface area contributed by atoms with Crippen molar-refractivity contribution in [1.82, 2.24) is 5.32 Å². The third kappa shape index (κ3) is 6.83. The molecule has 0 aliphatic carbocycles. The van der Waals surface area contributed by atoms with Gasteiger partial charge in [0, 0.05) is 24.7 Å². The average Bonchev–Trinajstić information content (AvgIpc) is 2.73. The molecule has 31 heavy (non-hydrogen) atoms. The molecule has 0 aromatic heterocycles. The van der Waals surface area contributed by atoms with Gasteiger partial charge in [0.15, 0.2) is 0 Å². The second-order valence-electron chi connectivity index (χ2n) is 6.95. The van der Waals surface area contributed by atoms with E-state index < -0.39 is 0 Å². The molecule has 0 atom stereocenters. The lowest BCUT2D eigenvalue weighted by molar-refractivity contribution is -0.118. The van der Waals surface area contributed by atoms with Gasteiger partial charge in [-0.05, 0) is 60.0 Å². The molecule has 2 N–H and O–H groups in total. The molecule has 3 rings (SSSR count). The summed E-state index contributed by atoms with van der Waals surface area (Å²) in [5.74, 6) is -0.226. The van der Waals surface area contributed by atoms with Gasteiger partial charge < -0.3 is 15.4 Å². The third-order valence-corrected chi connectivity index (χ3v) is 4.77. The van der Waals surface area contributed by atoms with Crippen molar-refractivity contribution in [2.45, 2.75) is 20.0 Å². The van der Waals surface area contributed by atoms with E-state index in [9.17, 15) is 14.0 Å². The molecule has 0 aliphatic rings. The van der Waals surface area contributed by atoms with Gasteiger partial charge in [-0.3, -0.25) is 9.59 Å². The van der Waals surface area contributed by atoms with E-state index in [1.54, 1.807) is 42.5 Å². The fraction of sp³-hybridized carbons (Fsp3) is 0.167. The summed E-state index contributed by atoms with van der Waals surface area (Å²) in [6.45, 7) is 2.20. The third-order valence-electron chi connectivity index (χ3n) is 4.48. The van der Waals surface area contributed by atoms with Crippen LogP contribution in [0.3, 0.4) is 0 Å². The lowest BCUT2D eigenvalue weighted by atomic mass is 10.1. The fourth-order valence-electron chi connectivity index (χ4n) is 2.89. The van der Waals surface area contributed by atoms with Crippen molar-refractivity contribution in [2.24, 2.45) is 0 Å². The Morgan fingerprint density at radius 2 is 1.77 bits per heavy atom. The minimum atomic E-state index is -0.328. The zero-order valence-electron chi connectivity index (χ0n) is 17.0. The topological polar surface area (TPSA) is 67.4 Å². The first-order valence-corrected chi connectivity index (χ1v) is 10.1. The molecule has 0 aliphatic heterocycles. The highest BCUT2D eigenvalue weighted by Gasteiger charge is 2.09. The largest absolute Gasteiger partial charge is 0.487 e. The molecule has 0 heterocycles. The standard InChI is InChI=1S/C24H22ClFN2O3/c1-16(29)27-12-11-17-5-7-19(8-6-17)24(30)28-21-9-10-23(22(25)14-21)31-15-18-3-2-4-20(26)13-18/h2-10,13-14H,11-12,15H2,1H3,(H,27,29)(H,28,30). The van der Waals surface area contributed by atoms with Gasteiger partial charge in [-0.15, -0.1) is 0 Å². The molecule has 0 spiro atoms. The summed E-state index contributed by atoms with van der Waals surface area (Å²) in [6, 6.07) is 18.3. The van der Waals surface area contributed by atoms with E-state index in [0.29, 0.717) is 40.6 Å². The zero-order valence-corrected chi connectivity index (χ0v) is 17.7. The molecule has 0 fully saturated rings. The normalized spacial score (nSPS) is 10.4. The summed E-state index contributed by atoms with van der Waals surface area (Å²) in [7, 11) is 0. The van der Waals surface area contributed by atoms with Crippen molar-refractivity contribution in [3.63, 3.8) is 0 Å². The fourth-order valence-corrected chi connectivity index (χ4v) is 3.13. The molecular weight excluding hydrogens is 419 g/mol. The second kappa shape index (κ2) is 10.6. The predicted molar refractivity (Wildman–Crippen MR) is 119 cm³/mol. The van der Waals surface area contributed by atoms with Crippen LogP contribution in [0.1, 0.15) is 28.4 Å². The van der Waals surface area contributed by atoms with E-state index in [2.05, 4.69) is 10.6 Å². The van der Waals surface area contributed by atoms with Gasteiger partial charge in [-0.2, -0.15) is 0 Å². The molecule has 0 saturated heterocycles. The van der Waals surface area contributed by atoms with Gasteiger partial charge in [0.1, 0.15) is 18.2 Å². The maximum Gasteiger partial charge on any atom is 0.255 e. The Bertz CT molecular complexity index is 1070. The number of carbonyl (C=O) groups is 2. The smallest absolute Gasteiger partial charge is 0.255 e. The Morgan fingerprint density at radius 3 is 2.45 bits per heavy atom. The minimum absolute atomic E-state index is 0.0694. The minimum Gasteiger partial charge on any atom is -0.487 e. The van der Waals surface area contributed by atoms with E-state index in [0.717, 1.165) is 5.56 Å². The number of halogens is 2. The number of hydrogen-bond acceptors (Lipinski definition) is 3. The number of rotatable bonds is 8. The lowest BCUT2D eigenvalue weighted by Crippen LogP contribution is -2.22. The summed E-state index contributed by atoms with van der Waals surface area (Å²) in [5, 5.41) is 5.87. The molecule has 0 radical (unpaired) electrons. The van der Waals surface area contributed by atoms with Crippen LogP contribution in [0.2, 0.25) is 5.02 Å². The molecule has 2 amide bonds. The van der Waals surface area contributed by atoms with E-state index in [-0.39, 0.29) is 24.2 Å². The summed E-state index contributed by atoms with van der Waals surface area (Å²) < 4.78 is 18.9. The van der Waals surface area contributed by atoms with Crippen LogP contribution >= 0.6 is 11.6 Å². The van der Waals surface area contributed by atoms with Gasteiger partial charge in [0.05, 0.1) is 5.02 Å². The van der Waals surface area contributed by atoms with E-state index in [1.165, 1.54) is 19.1 Å². The van der Waals surface area contributed by atoms with Crippen LogP contribution in [0.5, 0.6) is 5.75 Å². The second-order valence-corrected chi connectivity index (χ2v) is 7.36. The monoisotopic (exact) mass is 440 g/mol. The average molecular weight is 441 g/mol. The molecule has 3 aromatic carbocycles. The van der Waals surface area contributed by atoms with Crippen LogP contribution in [-0.2, 0) is 17.8 Å². The molecule has 160 valence electrons. The highest BCUT2D eigenvalue weighted by Crippen LogP contribution is 2.28. The predicted octanol–water partition coefficient (Wildman–Crippen LogP) is 4.99. The van der Waals surface area contributed by atoms with Crippen LogP contribution < -0.4 is 15.4 Å². The number of ether oxygens (including phenoxy) is 1. The summed E-state index contributed by atoms with van der Waals surface area (Å²) in [4.78, 5) is 23.4. The maximum atomic E-state index is 13.3. The highest BCUT2D eigenvalue weighted by molar-refractivity contribution is 6.32. The Kier molecular flexibility index (Phi) is 7.62. The number of hydrogen-bond donors (Lipinski definition) is 2. The number of carbonyl (C=O) groups excluding carboxylic acids is 2. The number of anilines is 1. The molecule has 5 nitrogen and oxygen atoms in total. The summed E-state index contributed by atoms with van der Waals surface area (Å²) in [6.07, 6.45) is 0.689. The highest BCUT2D eigenvalue weighted by atomic mass is 35.5. The lowest BCUT2D eigenvalue weighted by Gasteiger charge is -2.11. The quantitative estimate of drug-likeness (QED) is 0.518. The number of nitrogens with one attached hydrogen (secondary N) is 2. The van der Waals surface area contributed by atoms with Gasteiger partial charge >= 0.3 is 0 Å². The zero-order chi connectivity index (χ0) is 22.2. The van der Waals surface area contributed by atoms with Crippen LogP contribution in [0.4, 0.5) is 10.1 Å². The number of amides is 2. The molecular formula is C24H22ClFN2O3. The van der Waals surface area contributed by atoms with Gasteiger partial charge in [0.25, 0.3) is 5.91 Å². The Balaban J connectivity index is 1.56. The van der Waals surface area contributed by atoms with Crippen molar-refractivity contribution in [2.75, 3.05) is 11.9 Å². The molecule has 0 unspecified atom stereocenters. The van der Waals surface area contributed by atoms with Crippen LogP contribution in [0, 0.1) is 5.82 Å². The molecule has 7 heteroatoms. The van der Waals surface area contributed by atoms with E-state index in [1.807, 2.05) is 12.1 Å². The SMILES string of the molecule is CC(=O)NCCc1ccc(C(=O)Nc2ccc(OCc3cccc(F)c3)c(Cl)c2)cc1. The van der Waals surface area contributed by atoms with Crippen molar-refractivity contribution in [1.29, 1.82) is 0 Å². The summed E-state index contributed by atoms with van der Waals surface area (Å²) >= 11 is 6.27. The van der Waals surface area contributed by atoms with Crippen LogP contribution in [0.25, 0.3) is 0 Å². The molecule has 0 bridgehead atoms. The van der Waals surface area contributed by atoms with Crippen molar-refractivity contribution >= 4 is 29.1 Å². The first-order chi connectivity index (χ1) is 14.9. The number of benzene rings is 3. The van der Waals surface area contributed by atoms with Crippen LogP contribution in [-0.4, -0.2) is 18.4 Å². The molecule has 0 saturated carbocycles. The Hall–Kier alpha value is -3.38. The van der Waals surface area contributed by atoms with E-state index in [4.69, 9.17) is 16.3 Å².